The number of pyridine rings is 1. The normalized spacial score (nSPS) is 14.0. The number of amides is 1. The highest BCUT2D eigenvalue weighted by Gasteiger charge is 2.23. The Morgan fingerprint density at radius 2 is 2.22 bits per heavy atom. The van der Waals surface area contributed by atoms with Gasteiger partial charge in [0.2, 0.25) is 0 Å². The largest absolute Gasteiger partial charge is 0.397 e. The molecule has 0 saturated carbocycles. The van der Waals surface area contributed by atoms with Gasteiger partial charge in [-0.1, -0.05) is 0 Å². The van der Waals surface area contributed by atoms with Crippen molar-refractivity contribution in [2.45, 2.75) is 19.3 Å². The van der Waals surface area contributed by atoms with Gasteiger partial charge in [0, 0.05) is 28.9 Å². The first-order valence-corrected chi connectivity index (χ1v) is 8.79. The molecule has 3 aromatic heterocycles. The Kier molecular flexibility index (Phi) is 3.35. The molecule has 3 aromatic rings. The first-order chi connectivity index (χ1) is 11.1. The standard InChI is InChI=1S/C15H12N4O2S2/c16-11-8-6-7-9(2-1-3-10(7)20)18-14(8)23-12(11)13(21)19-15-17-4-5-22-15/h4-6H,1-3,16H2,(H,17,19,21). The summed E-state index contributed by atoms with van der Waals surface area (Å²) in [5.41, 5.74) is 7.94. The zero-order valence-electron chi connectivity index (χ0n) is 12.0. The molecule has 116 valence electrons. The number of aryl methyl sites for hydroxylation is 1. The van der Waals surface area contributed by atoms with Crippen LogP contribution in [0.4, 0.5) is 10.8 Å². The summed E-state index contributed by atoms with van der Waals surface area (Å²) >= 11 is 2.59. The van der Waals surface area contributed by atoms with E-state index in [1.165, 1.54) is 22.7 Å². The van der Waals surface area contributed by atoms with Crippen molar-refractivity contribution in [3.63, 3.8) is 0 Å². The van der Waals surface area contributed by atoms with Crippen molar-refractivity contribution in [1.82, 2.24) is 9.97 Å². The van der Waals surface area contributed by atoms with Crippen LogP contribution in [-0.4, -0.2) is 21.7 Å². The molecular formula is C15H12N4O2S2. The highest BCUT2D eigenvalue weighted by atomic mass is 32.1. The zero-order chi connectivity index (χ0) is 16.0. The maximum atomic E-state index is 12.4. The number of nitrogens with two attached hydrogens (primary N) is 1. The molecule has 0 atom stereocenters. The second kappa shape index (κ2) is 5.39. The first kappa shape index (κ1) is 14.3. The monoisotopic (exact) mass is 344 g/mol. The van der Waals surface area contributed by atoms with Crippen LogP contribution in [0, 0.1) is 0 Å². The van der Waals surface area contributed by atoms with Gasteiger partial charge in [-0.3, -0.25) is 14.9 Å². The maximum absolute atomic E-state index is 12.4. The van der Waals surface area contributed by atoms with Gasteiger partial charge in [0.15, 0.2) is 10.9 Å². The average molecular weight is 344 g/mol. The van der Waals surface area contributed by atoms with E-state index in [0.29, 0.717) is 37.9 Å². The van der Waals surface area contributed by atoms with E-state index in [9.17, 15) is 9.59 Å². The summed E-state index contributed by atoms with van der Waals surface area (Å²) in [6.07, 6.45) is 3.77. The van der Waals surface area contributed by atoms with E-state index in [1.54, 1.807) is 17.6 Å². The number of carbonyl (C=O) groups is 2. The Morgan fingerprint density at radius 3 is 3.00 bits per heavy atom. The predicted octanol–water partition coefficient (Wildman–Crippen LogP) is 3.11. The predicted molar refractivity (Wildman–Crippen MR) is 91.4 cm³/mol. The summed E-state index contributed by atoms with van der Waals surface area (Å²) in [5.74, 6) is -0.204. The van der Waals surface area contributed by atoms with Crippen LogP contribution in [0.15, 0.2) is 17.6 Å². The Labute approximate surface area is 139 Å². The lowest BCUT2D eigenvalue weighted by Crippen LogP contribution is -2.12. The fourth-order valence-electron chi connectivity index (χ4n) is 2.67. The minimum Gasteiger partial charge on any atom is -0.397 e. The summed E-state index contributed by atoms with van der Waals surface area (Å²) in [6.45, 7) is 0. The van der Waals surface area contributed by atoms with Gasteiger partial charge in [0.1, 0.15) is 9.71 Å². The number of nitrogen functional groups attached to an aromatic ring is 1. The van der Waals surface area contributed by atoms with Crippen molar-refractivity contribution in [2.24, 2.45) is 0 Å². The van der Waals surface area contributed by atoms with Gasteiger partial charge in [0.25, 0.3) is 5.91 Å². The number of ketones is 1. The van der Waals surface area contributed by atoms with Crippen molar-refractivity contribution >= 4 is 55.4 Å². The van der Waals surface area contributed by atoms with E-state index in [4.69, 9.17) is 5.73 Å². The molecule has 0 unspecified atom stereocenters. The van der Waals surface area contributed by atoms with E-state index in [1.807, 2.05) is 0 Å². The highest BCUT2D eigenvalue weighted by Crippen LogP contribution is 2.35. The van der Waals surface area contributed by atoms with Gasteiger partial charge in [-0.15, -0.1) is 22.7 Å². The van der Waals surface area contributed by atoms with Crippen molar-refractivity contribution in [2.75, 3.05) is 11.1 Å². The number of Topliss-reactive ketones (excluding diaryl/α,β-unsaturated/α-hetero) is 1. The summed E-state index contributed by atoms with van der Waals surface area (Å²) in [7, 11) is 0. The van der Waals surface area contributed by atoms with Crippen LogP contribution in [0.5, 0.6) is 0 Å². The fraction of sp³-hybridized carbons (Fsp3) is 0.200. The Morgan fingerprint density at radius 1 is 1.35 bits per heavy atom. The number of fused-ring (bicyclic) bond motifs is 2. The van der Waals surface area contributed by atoms with Gasteiger partial charge in [-0.2, -0.15) is 0 Å². The molecule has 0 fully saturated rings. The molecule has 0 aromatic carbocycles. The maximum Gasteiger partial charge on any atom is 0.269 e. The average Bonchev–Trinajstić information content (AvgIpc) is 3.14. The SMILES string of the molecule is Nc1c(C(=O)Nc2nccs2)sc2nc3c(cc12)C(=O)CCC3. The highest BCUT2D eigenvalue weighted by molar-refractivity contribution is 7.21. The van der Waals surface area contributed by atoms with Crippen molar-refractivity contribution in [3.05, 3.63) is 33.8 Å². The van der Waals surface area contributed by atoms with E-state index >= 15 is 0 Å². The first-order valence-electron chi connectivity index (χ1n) is 7.09. The number of hydrogen-bond donors (Lipinski definition) is 2. The van der Waals surface area contributed by atoms with Crippen LogP contribution in [0.1, 0.15) is 38.6 Å². The van der Waals surface area contributed by atoms with Crippen molar-refractivity contribution in [1.29, 1.82) is 0 Å². The van der Waals surface area contributed by atoms with Gasteiger partial charge in [-0.25, -0.2) is 9.97 Å². The number of thiazole rings is 1. The Bertz CT molecular complexity index is 931. The minimum absolute atomic E-state index is 0.0973. The van der Waals surface area contributed by atoms with Gasteiger partial charge < -0.3 is 5.73 Å². The molecule has 1 aliphatic carbocycles. The van der Waals surface area contributed by atoms with Crippen molar-refractivity contribution in [3.8, 4) is 0 Å². The number of nitrogens with one attached hydrogen (secondary N) is 1. The molecule has 0 saturated heterocycles. The van der Waals surface area contributed by atoms with E-state index in [0.717, 1.165) is 18.5 Å². The minimum atomic E-state index is -0.301. The van der Waals surface area contributed by atoms with E-state index < -0.39 is 0 Å². The van der Waals surface area contributed by atoms with Gasteiger partial charge in [-0.05, 0) is 18.9 Å². The van der Waals surface area contributed by atoms with Crippen LogP contribution in [0.25, 0.3) is 10.2 Å². The molecule has 0 aliphatic heterocycles. The van der Waals surface area contributed by atoms with Gasteiger partial charge in [0.05, 0.1) is 11.4 Å². The molecule has 0 spiro atoms. The van der Waals surface area contributed by atoms with Crippen LogP contribution in [0.3, 0.4) is 0 Å². The number of nitrogens with zero attached hydrogens (tertiary/aromatic N) is 2. The van der Waals surface area contributed by atoms with Gasteiger partial charge >= 0.3 is 0 Å². The fourth-order valence-corrected chi connectivity index (χ4v) is 4.18. The third-order valence-corrected chi connectivity index (χ3v) is 5.58. The Hall–Kier alpha value is -2.32. The molecule has 1 amide bonds. The number of carbonyl (C=O) groups excluding carboxylic acids is 2. The quantitative estimate of drug-likeness (QED) is 0.744. The van der Waals surface area contributed by atoms with Crippen molar-refractivity contribution < 1.29 is 9.59 Å². The third-order valence-electron chi connectivity index (χ3n) is 3.78. The van der Waals surface area contributed by atoms with Crippen LogP contribution < -0.4 is 11.1 Å². The molecule has 3 N–H and O–H groups in total. The number of rotatable bonds is 2. The lowest BCUT2D eigenvalue weighted by atomic mass is 9.94. The lowest BCUT2D eigenvalue weighted by Gasteiger charge is -2.13. The molecule has 0 bridgehead atoms. The molecule has 0 radical (unpaired) electrons. The smallest absolute Gasteiger partial charge is 0.269 e. The topological polar surface area (TPSA) is 98.0 Å². The molecule has 6 nitrogen and oxygen atoms in total. The number of aromatic nitrogens is 2. The Balaban J connectivity index is 1.78. The molecule has 4 rings (SSSR count). The second-order valence-corrected chi connectivity index (χ2v) is 7.14. The molecular weight excluding hydrogens is 332 g/mol. The number of thiophene rings is 1. The third kappa shape index (κ3) is 2.40. The van der Waals surface area contributed by atoms with E-state index in [-0.39, 0.29) is 11.7 Å². The van der Waals surface area contributed by atoms with E-state index in [2.05, 4.69) is 15.3 Å². The number of hydrogen-bond acceptors (Lipinski definition) is 7. The summed E-state index contributed by atoms with van der Waals surface area (Å²) in [5, 5.41) is 5.70. The number of anilines is 2. The summed E-state index contributed by atoms with van der Waals surface area (Å²) < 4.78 is 0. The molecule has 23 heavy (non-hydrogen) atoms. The van der Waals surface area contributed by atoms with Crippen LogP contribution in [-0.2, 0) is 6.42 Å². The van der Waals surface area contributed by atoms with Crippen LogP contribution in [0.2, 0.25) is 0 Å². The zero-order valence-corrected chi connectivity index (χ0v) is 13.6. The molecule has 1 aliphatic rings. The summed E-state index contributed by atoms with van der Waals surface area (Å²) in [6, 6.07) is 1.78. The molecule has 8 heteroatoms. The summed E-state index contributed by atoms with van der Waals surface area (Å²) in [4.78, 5) is 34.1. The molecule has 3 heterocycles. The van der Waals surface area contributed by atoms with Crippen LogP contribution >= 0.6 is 22.7 Å². The second-order valence-electron chi connectivity index (χ2n) is 5.25. The lowest BCUT2D eigenvalue weighted by molar-refractivity contribution is 0.0970.